The maximum absolute atomic E-state index is 13.7. The molecule has 0 aliphatic carbocycles. The number of nitrogens with two attached hydrogens (primary N) is 1. The third kappa shape index (κ3) is 2.81. The van der Waals surface area contributed by atoms with Gasteiger partial charge in [0.2, 0.25) is 0 Å². The van der Waals surface area contributed by atoms with Crippen LogP contribution in [0.4, 0.5) is 4.39 Å². The van der Waals surface area contributed by atoms with Gasteiger partial charge in [-0.2, -0.15) is 0 Å². The molecule has 2 atom stereocenters. The Balaban J connectivity index is 1.70. The molecule has 2 N–H and O–H groups in total. The molecule has 1 aliphatic heterocycles. The lowest BCUT2D eigenvalue weighted by molar-refractivity contribution is 0.183. The second-order valence-corrected chi connectivity index (χ2v) is 5.94. The normalized spacial score (nSPS) is 19.0. The predicted octanol–water partition coefficient (Wildman–Crippen LogP) is 3.25. The van der Waals surface area contributed by atoms with E-state index in [1.807, 2.05) is 30.3 Å². The molecule has 1 aliphatic rings. The van der Waals surface area contributed by atoms with Gasteiger partial charge in [-0.15, -0.1) is 11.8 Å². The number of rotatable bonds is 3. The van der Waals surface area contributed by atoms with Crippen LogP contribution in [-0.4, -0.2) is 17.9 Å². The Hall–Kier alpha value is -1.52. The molecule has 0 bridgehead atoms. The minimum Gasteiger partial charge on any atom is -0.487 e. The Morgan fingerprint density at radius 3 is 2.80 bits per heavy atom. The van der Waals surface area contributed by atoms with Crippen molar-refractivity contribution in [2.75, 3.05) is 5.75 Å². The van der Waals surface area contributed by atoms with Crippen LogP contribution >= 0.6 is 11.8 Å². The number of hydrogen-bond donors (Lipinski definition) is 1. The van der Waals surface area contributed by atoms with E-state index in [0.717, 1.165) is 16.4 Å². The average molecular weight is 289 g/mol. The highest BCUT2D eigenvalue weighted by Crippen LogP contribution is 2.35. The van der Waals surface area contributed by atoms with Crippen LogP contribution in [0.3, 0.4) is 0 Å². The summed E-state index contributed by atoms with van der Waals surface area (Å²) in [5.41, 5.74) is 6.85. The topological polar surface area (TPSA) is 35.2 Å². The summed E-state index contributed by atoms with van der Waals surface area (Å²) in [5.74, 6) is 1.47. The fraction of sp³-hybridized carbons (Fsp3) is 0.250. The molecule has 3 rings (SSSR count). The third-order valence-corrected chi connectivity index (χ3v) is 4.57. The van der Waals surface area contributed by atoms with E-state index in [4.69, 9.17) is 10.5 Å². The summed E-state index contributed by atoms with van der Waals surface area (Å²) in [6.07, 6.45) is 0.398. The molecular weight excluding hydrogens is 273 g/mol. The largest absolute Gasteiger partial charge is 0.487 e. The Labute approximate surface area is 122 Å². The quantitative estimate of drug-likeness (QED) is 0.942. The molecule has 2 nitrogen and oxygen atoms in total. The summed E-state index contributed by atoms with van der Waals surface area (Å²) < 4.78 is 19.6. The van der Waals surface area contributed by atoms with Crippen molar-refractivity contribution in [1.29, 1.82) is 0 Å². The van der Waals surface area contributed by atoms with E-state index < -0.39 is 0 Å². The van der Waals surface area contributed by atoms with Crippen LogP contribution in [0.5, 0.6) is 5.75 Å². The fourth-order valence-electron chi connectivity index (χ4n) is 2.30. The van der Waals surface area contributed by atoms with Gasteiger partial charge in [0.05, 0.1) is 0 Å². The summed E-state index contributed by atoms with van der Waals surface area (Å²) in [6, 6.07) is 14.5. The van der Waals surface area contributed by atoms with Gasteiger partial charge in [-0.3, -0.25) is 0 Å². The van der Waals surface area contributed by atoms with Gasteiger partial charge in [-0.25, -0.2) is 4.39 Å². The predicted molar refractivity (Wildman–Crippen MR) is 79.7 cm³/mol. The van der Waals surface area contributed by atoms with Gasteiger partial charge < -0.3 is 10.5 Å². The zero-order valence-electron chi connectivity index (χ0n) is 11.0. The highest BCUT2D eigenvalue weighted by molar-refractivity contribution is 7.99. The monoisotopic (exact) mass is 289 g/mol. The van der Waals surface area contributed by atoms with Crippen LogP contribution in [0.2, 0.25) is 0 Å². The van der Waals surface area contributed by atoms with Gasteiger partial charge in [0.15, 0.2) is 0 Å². The maximum atomic E-state index is 13.7. The lowest BCUT2D eigenvalue weighted by Crippen LogP contribution is -2.43. The van der Waals surface area contributed by atoms with Crippen molar-refractivity contribution < 1.29 is 9.13 Å². The van der Waals surface area contributed by atoms with Crippen LogP contribution in [-0.2, 0) is 6.42 Å². The summed E-state index contributed by atoms with van der Waals surface area (Å²) in [7, 11) is 0. The number of fused-ring (bicyclic) bond motifs is 1. The first-order chi connectivity index (χ1) is 9.74. The molecule has 2 unspecified atom stereocenters. The molecule has 104 valence electrons. The lowest BCUT2D eigenvalue weighted by Gasteiger charge is -2.29. The van der Waals surface area contributed by atoms with E-state index in [-0.39, 0.29) is 18.0 Å². The Kier molecular flexibility index (Phi) is 3.94. The highest BCUT2D eigenvalue weighted by atomic mass is 32.2. The summed E-state index contributed by atoms with van der Waals surface area (Å²) in [5, 5.41) is 0. The number of ether oxygens (including phenoxy) is 1. The zero-order valence-corrected chi connectivity index (χ0v) is 11.8. The minimum atomic E-state index is -0.215. The van der Waals surface area contributed by atoms with Crippen LogP contribution in [0.25, 0.3) is 0 Å². The molecule has 0 radical (unpaired) electrons. The van der Waals surface area contributed by atoms with E-state index in [1.54, 1.807) is 23.9 Å². The van der Waals surface area contributed by atoms with E-state index in [2.05, 4.69) is 0 Å². The standard InChI is InChI=1S/C16H16FNOS/c17-12-6-2-1-5-11(12)9-13(18)15-10-20-16-8-4-3-7-14(16)19-15/h1-8,13,15H,9-10,18H2. The minimum absolute atomic E-state index is 0.0884. The summed E-state index contributed by atoms with van der Waals surface area (Å²) in [6.45, 7) is 0. The van der Waals surface area contributed by atoms with Crippen molar-refractivity contribution in [2.24, 2.45) is 5.73 Å². The Morgan fingerprint density at radius 1 is 1.20 bits per heavy atom. The molecule has 0 fully saturated rings. The molecule has 20 heavy (non-hydrogen) atoms. The van der Waals surface area contributed by atoms with Crippen molar-refractivity contribution in [1.82, 2.24) is 0 Å². The molecule has 0 saturated heterocycles. The molecule has 2 aromatic carbocycles. The number of para-hydroxylation sites is 1. The lowest BCUT2D eigenvalue weighted by atomic mass is 10.0. The first-order valence-electron chi connectivity index (χ1n) is 6.61. The highest BCUT2D eigenvalue weighted by Gasteiger charge is 2.26. The van der Waals surface area contributed by atoms with Gasteiger partial charge in [0, 0.05) is 16.7 Å². The number of thioether (sulfide) groups is 1. The van der Waals surface area contributed by atoms with E-state index >= 15 is 0 Å². The molecule has 0 spiro atoms. The molecule has 0 amide bonds. The smallest absolute Gasteiger partial charge is 0.133 e. The molecule has 4 heteroatoms. The Morgan fingerprint density at radius 2 is 1.95 bits per heavy atom. The van der Waals surface area contributed by atoms with Gasteiger partial charge in [-0.1, -0.05) is 30.3 Å². The van der Waals surface area contributed by atoms with Crippen LogP contribution in [0.15, 0.2) is 53.4 Å². The first-order valence-corrected chi connectivity index (χ1v) is 7.60. The zero-order chi connectivity index (χ0) is 13.9. The average Bonchev–Trinajstić information content (AvgIpc) is 2.49. The third-order valence-electron chi connectivity index (χ3n) is 3.42. The van der Waals surface area contributed by atoms with Crippen molar-refractivity contribution in [2.45, 2.75) is 23.5 Å². The number of halogens is 1. The second-order valence-electron chi connectivity index (χ2n) is 4.87. The number of benzene rings is 2. The fourth-order valence-corrected chi connectivity index (χ4v) is 3.39. The van der Waals surface area contributed by atoms with Gasteiger partial charge >= 0.3 is 0 Å². The van der Waals surface area contributed by atoms with E-state index in [1.165, 1.54) is 6.07 Å². The maximum Gasteiger partial charge on any atom is 0.133 e. The molecule has 0 saturated carbocycles. The first kappa shape index (κ1) is 13.5. The van der Waals surface area contributed by atoms with Crippen molar-refractivity contribution in [3.8, 4) is 5.75 Å². The van der Waals surface area contributed by atoms with E-state index in [0.29, 0.717) is 12.0 Å². The summed E-state index contributed by atoms with van der Waals surface area (Å²) in [4.78, 5) is 1.14. The van der Waals surface area contributed by atoms with Gasteiger partial charge in [-0.05, 0) is 30.2 Å². The van der Waals surface area contributed by atoms with Crippen molar-refractivity contribution >= 4 is 11.8 Å². The van der Waals surface area contributed by atoms with Crippen LogP contribution in [0.1, 0.15) is 5.56 Å². The SMILES string of the molecule is NC(Cc1ccccc1F)C1CSc2ccccc2O1. The molecule has 1 heterocycles. The van der Waals surface area contributed by atoms with Crippen LogP contribution < -0.4 is 10.5 Å². The van der Waals surface area contributed by atoms with Crippen LogP contribution in [0, 0.1) is 5.82 Å². The van der Waals surface area contributed by atoms with E-state index in [9.17, 15) is 4.39 Å². The van der Waals surface area contributed by atoms with Gasteiger partial charge in [0.25, 0.3) is 0 Å². The second kappa shape index (κ2) is 5.85. The molecular formula is C16H16FNOS. The van der Waals surface area contributed by atoms with Crippen molar-refractivity contribution in [3.63, 3.8) is 0 Å². The molecule has 0 aromatic heterocycles. The Bertz CT molecular complexity index is 605. The van der Waals surface area contributed by atoms with Gasteiger partial charge in [0.1, 0.15) is 17.7 Å². The van der Waals surface area contributed by atoms with Crippen molar-refractivity contribution in [3.05, 3.63) is 59.9 Å². The summed E-state index contributed by atoms with van der Waals surface area (Å²) >= 11 is 1.74. The number of hydrogen-bond acceptors (Lipinski definition) is 3. The molecule has 2 aromatic rings.